The molecule has 162 valence electrons. The van der Waals surface area contributed by atoms with E-state index in [0.717, 1.165) is 6.07 Å². The smallest absolute Gasteiger partial charge is 0.341 e. The van der Waals surface area contributed by atoms with Gasteiger partial charge < -0.3 is 14.8 Å². The molecule has 0 saturated heterocycles. The Morgan fingerprint density at radius 1 is 1.13 bits per heavy atom. The van der Waals surface area contributed by atoms with E-state index in [0.29, 0.717) is 37.4 Å². The molecule has 1 fully saturated rings. The van der Waals surface area contributed by atoms with Gasteiger partial charge in [0, 0.05) is 6.04 Å². The van der Waals surface area contributed by atoms with Crippen LogP contribution < -0.4 is 14.8 Å². The van der Waals surface area contributed by atoms with Crippen LogP contribution in [0.1, 0.15) is 36.0 Å². The molecular weight excluding hydrogens is 420 g/mol. The van der Waals surface area contributed by atoms with Crippen LogP contribution in [0.2, 0.25) is 0 Å². The average molecular weight is 441 g/mol. The molecule has 1 aliphatic rings. The molecule has 1 aromatic heterocycles. The van der Waals surface area contributed by atoms with E-state index in [1.807, 2.05) is 0 Å². The van der Waals surface area contributed by atoms with E-state index in [4.69, 9.17) is 9.47 Å². The summed E-state index contributed by atoms with van der Waals surface area (Å²) in [5.74, 6) is -3.62. The molecule has 1 N–H and O–H groups in total. The second-order valence-corrected chi connectivity index (χ2v) is 8.65. The summed E-state index contributed by atoms with van der Waals surface area (Å²) in [5.41, 5.74) is -0.289. The van der Waals surface area contributed by atoms with Crippen LogP contribution in [-0.4, -0.2) is 49.3 Å². The number of aromatic nitrogens is 2. The molecule has 0 atom stereocenters. The number of amides is 1. The van der Waals surface area contributed by atoms with Crippen molar-refractivity contribution in [2.24, 2.45) is 0 Å². The van der Waals surface area contributed by atoms with E-state index in [2.05, 4.69) is 15.3 Å². The number of halogens is 2. The minimum Gasteiger partial charge on any atom is -0.480 e. The number of nitrogens with zero attached hydrogens (tertiary/aromatic N) is 2. The molecule has 8 nitrogen and oxygen atoms in total. The van der Waals surface area contributed by atoms with E-state index in [-0.39, 0.29) is 17.7 Å². The minimum atomic E-state index is -4.88. The molecule has 0 aliphatic heterocycles. The fourth-order valence-electron chi connectivity index (χ4n) is 3.24. The van der Waals surface area contributed by atoms with Crippen molar-refractivity contribution < 1.29 is 31.5 Å². The van der Waals surface area contributed by atoms with E-state index in [1.54, 1.807) is 0 Å². The molecule has 1 amide bonds. The number of methoxy groups -OCH3 is 1. The van der Waals surface area contributed by atoms with Gasteiger partial charge in [0.1, 0.15) is 6.10 Å². The highest BCUT2D eigenvalue weighted by Crippen LogP contribution is 2.25. The summed E-state index contributed by atoms with van der Waals surface area (Å²) in [7, 11) is -3.40. The molecule has 1 aliphatic carbocycles. The highest BCUT2D eigenvalue weighted by atomic mass is 32.2. The highest BCUT2D eigenvalue weighted by Gasteiger charge is 2.32. The third kappa shape index (κ3) is 5.02. The number of carbonyl (C=O) groups excluding carboxylic acids is 1. The second-order valence-electron chi connectivity index (χ2n) is 6.77. The van der Waals surface area contributed by atoms with Gasteiger partial charge >= 0.3 is 5.76 Å². The number of hydrogen-bond acceptors (Lipinski definition) is 7. The Bertz CT molecular complexity index is 995. The van der Waals surface area contributed by atoms with Crippen molar-refractivity contribution in [3.05, 3.63) is 42.2 Å². The van der Waals surface area contributed by atoms with Crippen LogP contribution in [0.15, 0.2) is 41.6 Å². The molecule has 1 heterocycles. The van der Waals surface area contributed by atoms with E-state index in [1.165, 1.54) is 37.7 Å². The van der Waals surface area contributed by atoms with Gasteiger partial charge in [-0.2, -0.15) is 13.8 Å². The first-order valence-corrected chi connectivity index (χ1v) is 10.8. The molecule has 0 bridgehead atoms. The maximum absolute atomic E-state index is 12.9. The van der Waals surface area contributed by atoms with Gasteiger partial charge in [0.05, 0.1) is 30.0 Å². The van der Waals surface area contributed by atoms with Crippen molar-refractivity contribution in [1.29, 1.82) is 0 Å². The molecule has 0 radical (unpaired) electrons. The van der Waals surface area contributed by atoms with E-state index in [9.17, 15) is 22.0 Å². The van der Waals surface area contributed by atoms with Gasteiger partial charge in [-0.05, 0) is 37.8 Å². The normalized spacial score (nSPS) is 19.3. The van der Waals surface area contributed by atoms with E-state index < -0.39 is 26.4 Å². The monoisotopic (exact) mass is 441 g/mol. The van der Waals surface area contributed by atoms with Gasteiger partial charge in [0.2, 0.25) is 21.6 Å². The van der Waals surface area contributed by atoms with Crippen molar-refractivity contribution in [3.63, 3.8) is 0 Å². The number of hydrogen-bond donors (Lipinski definition) is 1. The third-order valence-corrected chi connectivity index (χ3v) is 6.21. The van der Waals surface area contributed by atoms with Crippen molar-refractivity contribution >= 4 is 15.7 Å². The number of rotatable bonds is 7. The third-order valence-electron chi connectivity index (χ3n) is 4.77. The van der Waals surface area contributed by atoms with Crippen LogP contribution in [0.25, 0.3) is 0 Å². The summed E-state index contributed by atoms with van der Waals surface area (Å²) in [6, 6.07) is 4.74. The molecule has 2 aromatic rings. The van der Waals surface area contributed by atoms with Crippen LogP contribution in [0.5, 0.6) is 11.8 Å². The topological polar surface area (TPSA) is 107 Å². The first-order valence-electron chi connectivity index (χ1n) is 9.26. The highest BCUT2D eigenvalue weighted by molar-refractivity contribution is 7.91. The second kappa shape index (κ2) is 9.33. The Kier molecular flexibility index (Phi) is 6.80. The lowest BCUT2D eigenvalue weighted by Crippen LogP contribution is -2.40. The zero-order valence-corrected chi connectivity index (χ0v) is 16.9. The Balaban J connectivity index is 1.60. The SMILES string of the molecule is COc1cncc(OC2CCC(NC(=O)c3ccccc3S(=O)(=O)C(F)F)CC2)n1. The molecule has 1 aromatic carbocycles. The van der Waals surface area contributed by atoms with Gasteiger partial charge in [-0.15, -0.1) is 0 Å². The predicted octanol–water partition coefficient (Wildman–Crippen LogP) is 2.60. The van der Waals surface area contributed by atoms with Crippen molar-refractivity contribution in [2.45, 2.75) is 48.5 Å². The summed E-state index contributed by atoms with van der Waals surface area (Å²) < 4.78 is 60.3. The van der Waals surface area contributed by atoms with Gasteiger partial charge in [0.25, 0.3) is 5.91 Å². The molecule has 11 heteroatoms. The van der Waals surface area contributed by atoms with Crippen LogP contribution in [0.4, 0.5) is 8.78 Å². The molecule has 1 saturated carbocycles. The molecule has 0 unspecified atom stereocenters. The first-order chi connectivity index (χ1) is 14.3. The Morgan fingerprint density at radius 2 is 1.80 bits per heavy atom. The standard InChI is InChI=1S/C19H21F2N3O5S/c1-28-16-10-22-11-17(24-16)29-13-8-6-12(7-9-13)23-18(25)14-4-2-3-5-15(14)30(26,27)19(20)21/h2-5,10-13,19H,6-9H2,1H3,(H,23,25). The molecule has 30 heavy (non-hydrogen) atoms. The largest absolute Gasteiger partial charge is 0.480 e. The quantitative estimate of drug-likeness (QED) is 0.704. The molecule has 0 spiro atoms. The fraction of sp³-hybridized carbons (Fsp3) is 0.421. The van der Waals surface area contributed by atoms with Crippen molar-refractivity contribution in [3.8, 4) is 11.8 Å². The van der Waals surface area contributed by atoms with Gasteiger partial charge in [-0.1, -0.05) is 12.1 Å². The maximum Gasteiger partial charge on any atom is 0.341 e. The number of carbonyl (C=O) groups is 1. The van der Waals surface area contributed by atoms with Crippen LogP contribution in [0.3, 0.4) is 0 Å². The van der Waals surface area contributed by atoms with Gasteiger partial charge in [-0.3, -0.25) is 9.78 Å². The van der Waals surface area contributed by atoms with E-state index >= 15 is 0 Å². The lowest BCUT2D eigenvalue weighted by molar-refractivity contribution is 0.0885. The lowest BCUT2D eigenvalue weighted by Gasteiger charge is -2.29. The average Bonchev–Trinajstić information content (AvgIpc) is 2.75. The Hall–Kier alpha value is -2.82. The summed E-state index contributed by atoms with van der Waals surface area (Å²) in [5, 5.41) is 2.74. The first kappa shape index (κ1) is 21.9. The van der Waals surface area contributed by atoms with Crippen LogP contribution in [-0.2, 0) is 9.84 Å². The van der Waals surface area contributed by atoms with Crippen LogP contribution >= 0.6 is 0 Å². The summed E-state index contributed by atoms with van der Waals surface area (Å²) in [4.78, 5) is 20.0. The number of ether oxygens (including phenoxy) is 2. The number of benzene rings is 1. The minimum absolute atomic E-state index is 0.119. The molecule has 3 rings (SSSR count). The number of sulfone groups is 1. The Morgan fingerprint density at radius 3 is 2.47 bits per heavy atom. The van der Waals surface area contributed by atoms with Crippen LogP contribution in [0, 0.1) is 0 Å². The van der Waals surface area contributed by atoms with Gasteiger partial charge in [-0.25, -0.2) is 8.42 Å². The molecular formula is C19H21F2N3O5S. The van der Waals surface area contributed by atoms with Crippen molar-refractivity contribution in [1.82, 2.24) is 15.3 Å². The number of alkyl halides is 2. The summed E-state index contributed by atoms with van der Waals surface area (Å²) in [6.45, 7) is 0. The summed E-state index contributed by atoms with van der Waals surface area (Å²) >= 11 is 0. The number of nitrogens with one attached hydrogen (secondary N) is 1. The fourth-order valence-corrected chi connectivity index (χ4v) is 4.17. The Labute approximate surface area is 172 Å². The zero-order chi connectivity index (χ0) is 21.7. The summed E-state index contributed by atoms with van der Waals surface area (Å²) in [6.07, 6.45) is 5.24. The van der Waals surface area contributed by atoms with Crippen molar-refractivity contribution in [2.75, 3.05) is 7.11 Å². The lowest BCUT2D eigenvalue weighted by atomic mass is 9.92. The predicted molar refractivity (Wildman–Crippen MR) is 102 cm³/mol. The van der Waals surface area contributed by atoms with Gasteiger partial charge in [0.15, 0.2) is 0 Å². The maximum atomic E-state index is 12.9. The zero-order valence-electron chi connectivity index (χ0n) is 16.1.